The van der Waals surface area contributed by atoms with Crippen molar-refractivity contribution in [2.45, 2.75) is 20.3 Å². The summed E-state index contributed by atoms with van der Waals surface area (Å²) in [7, 11) is 0. The first-order chi connectivity index (χ1) is 9.19. The van der Waals surface area contributed by atoms with E-state index in [9.17, 15) is 9.59 Å². The average Bonchev–Trinajstić information content (AvgIpc) is 2.47. The zero-order valence-corrected chi connectivity index (χ0v) is 12.1. The molecule has 1 aliphatic heterocycles. The molecule has 0 aliphatic carbocycles. The molecule has 1 aliphatic rings. The van der Waals surface area contributed by atoms with Gasteiger partial charge in [0.05, 0.1) is 0 Å². The first kappa shape index (κ1) is 15.9. The first-order valence-corrected chi connectivity index (χ1v) is 7.19. The largest absolute Gasteiger partial charge is 0.348 e. The second-order valence-corrected chi connectivity index (χ2v) is 4.68. The van der Waals surface area contributed by atoms with E-state index in [0.29, 0.717) is 19.6 Å². The predicted molar refractivity (Wildman–Crippen MR) is 74.9 cm³/mol. The standard InChI is InChI=1S/C13H26N4O2/c1-3-16(4-2)9-5-6-15-12(18)13(19)17-10-7-14-8-11-17/h14H,3-11H2,1-2H3,(H,15,18). The number of carbonyl (C=O) groups excluding carboxylic acids is 2. The maximum Gasteiger partial charge on any atom is 0.311 e. The topological polar surface area (TPSA) is 64.7 Å². The van der Waals surface area contributed by atoms with Gasteiger partial charge in [-0.1, -0.05) is 13.8 Å². The van der Waals surface area contributed by atoms with E-state index >= 15 is 0 Å². The minimum absolute atomic E-state index is 0.399. The molecule has 0 unspecified atom stereocenters. The molecule has 0 spiro atoms. The van der Waals surface area contributed by atoms with Gasteiger partial charge in [0, 0.05) is 32.7 Å². The van der Waals surface area contributed by atoms with Crippen molar-refractivity contribution in [1.82, 2.24) is 20.4 Å². The Bertz CT molecular complexity index is 286. The fourth-order valence-corrected chi connectivity index (χ4v) is 2.13. The van der Waals surface area contributed by atoms with Crippen molar-refractivity contribution in [2.24, 2.45) is 0 Å². The summed E-state index contributed by atoms with van der Waals surface area (Å²) in [5.74, 6) is -0.870. The Balaban J connectivity index is 2.17. The van der Waals surface area contributed by atoms with E-state index in [2.05, 4.69) is 29.4 Å². The summed E-state index contributed by atoms with van der Waals surface area (Å²) in [5, 5.41) is 5.86. The summed E-state index contributed by atoms with van der Waals surface area (Å²) in [4.78, 5) is 27.4. The molecule has 0 atom stereocenters. The van der Waals surface area contributed by atoms with E-state index in [-0.39, 0.29) is 0 Å². The van der Waals surface area contributed by atoms with Gasteiger partial charge in [0.15, 0.2) is 0 Å². The van der Waals surface area contributed by atoms with Crippen LogP contribution in [0.1, 0.15) is 20.3 Å². The van der Waals surface area contributed by atoms with Gasteiger partial charge < -0.3 is 20.4 Å². The van der Waals surface area contributed by atoms with E-state index in [1.807, 2.05) is 0 Å². The van der Waals surface area contributed by atoms with E-state index in [4.69, 9.17) is 0 Å². The lowest BCUT2D eigenvalue weighted by Gasteiger charge is -2.26. The zero-order valence-electron chi connectivity index (χ0n) is 12.1. The first-order valence-electron chi connectivity index (χ1n) is 7.19. The number of nitrogens with one attached hydrogen (secondary N) is 2. The van der Waals surface area contributed by atoms with Crippen LogP contribution in [0.25, 0.3) is 0 Å². The molecule has 0 radical (unpaired) electrons. The highest BCUT2D eigenvalue weighted by Crippen LogP contribution is 1.94. The Morgan fingerprint density at radius 2 is 1.84 bits per heavy atom. The van der Waals surface area contributed by atoms with Crippen LogP contribution in [0.3, 0.4) is 0 Å². The molecule has 19 heavy (non-hydrogen) atoms. The van der Waals surface area contributed by atoms with Gasteiger partial charge in [-0.2, -0.15) is 0 Å². The molecule has 110 valence electrons. The number of carbonyl (C=O) groups is 2. The van der Waals surface area contributed by atoms with Crippen LogP contribution in [0.4, 0.5) is 0 Å². The van der Waals surface area contributed by atoms with Crippen LogP contribution in [-0.2, 0) is 9.59 Å². The van der Waals surface area contributed by atoms with Crippen molar-refractivity contribution in [2.75, 3.05) is 52.4 Å². The lowest BCUT2D eigenvalue weighted by molar-refractivity contribution is -0.146. The highest BCUT2D eigenvalue weighted by Gasteiger charge is 2.22. The molecule has 0 aromatic rings. The van der Waals surface area contributed by atoms with E-state index in [0.717, 1.165) is 39.1 Å². The van der Waals surface area contributed by atoms with E-state index < -0.39 is 11.8 Å². The Hall–Kier alpha value is -1.14. The molecule has 0 bridgehead atoms. The van der Waals surface area contributed by atoms with Gasteiger partial charge in [0.2, 0.25) is 0 Å². The third-order valence-corrected chi connectivity index (χ3v) is 3.43. The number of hydrogen-bond acceptors (Lipinski definition) is 4. The van der Waals surface area contributed by atoms with Crippen LogP contribution in [0.5, 0.6) is 0 Å². The predicted octanol–water partition coefficient (Wildman–Crippen LogP) is -0.734. The lowest BCUT2D eigenvalue weighted by atomic mass is 10.3. The minimum atomic E-state index is -0.471. The SMILES string of the molecule is CCN(CC)CCCNC(=O)C(=O)N1CCNCC1. The summed E-state index contributed by atoms with van der Waals surface area (Å²) in [6, 6.07) is 0. The van der Waals surface area contributed by atoms with E-state index in [1.54, 1.807) is 4.90 Å². The van der Waals surface area contributed by atoms with Gasteiger partial charge in [-0.3, -0.25) is 9.59 Å². The third kappa shape index (κ3) is 5.57. The Labute approximate surface area is 115 Å². The molecular formula is C13H26N4O2. The van der Waals surface area contributed by atoms with Gasteiger partial charge in [0.25, 0.3) is 0 Å². The van der Waals surface area contributed by atoms with Gasteiger partial charge in [0.1, 0.15) is 0 Å². The summed E-state index contributed by atoms with van der Waals surface area (Å²) in [6.45, 7) is 10.6. The maximum atomic E-state index is 11.8. The molecule has 1 rings (SSSR count). The van der Waals surface area contributed by atoms with Crippen molar-refractivity contribution in [3.63, 3.8) is 0 Å². The fourth-order valence-electron chi connectivity index (χ4n) is 2.13. The number of nitrogens with zero attached hydrogens (tertiary/aromatic N) is 2. The molecule has 0 aromatic carbocycles. The Kier molecular flexibility index (Phi) is 7.43. The van der Waals surface area contributed by atoms with Gasteiger partial charge >= 0.3 is 11.8 Å². The minimum Gasteiger partial charge on any atom is -0.348 e. The Morgan fingerprint density at radius 3 is 2.42 bits per heavy atom. The summed E-state index contributed by atoms with van der Waals surface area (Å²) < 4.78 is 0. The molecule has 2 N–H and O–H groups in total. The second-order valence-electron chi connectivity index (χ2n) is 4.68. The van der Waals surface area contributed by atoms with Crippen molar-refractivity contribution >= 4 is 11.8 Å². The molecule has 1 heterocycles. The number of amides is 2. The van der Waals surface area contributed by atoms with Crippen molar-refractivity contribution in [3.05, 3.63) is 0 Å². The maximum absolute atomic E-state index is 11.8. The molecular weight excluding hydrogens is 244 g/mol. The van der Waals surface area contributed by atoms with Crippen LogP contribution in [0.2, 0.25) is 0 Å². The Morgan fingerprint density at radius 1 is 1.21 bits per heavy atom. The van der Waals surface area contributed by atoms with Crippen LogP contribution < -0.4 is 10.6 Å². The quantitative estimate of drug-likeness (QED) is 0.493. The van der Waals surface area contributed by atoms with Crippen LogP contribution in [-0.4, -0.2) is 74.0 Å². The molecule has 1 fully saturated rings. The van der Waals surface area contributed by atoms with Crippen LogP contribution in [0, 0.1) is 0 Å². The highest BCUT2D eigenvalue weighted by atomic mass is 16.2. The fraction of sp³-hybridized carbons (Fsp3) is 0.846. The molecule has 0 aromatic heterocycles. The molecule has 0 saturated carbocycles. The number of piperazine rings is 1. The average molecular weight is 270 g/mol. The molecule has 6 heteroatoms. The monoisotopic (exact) mass is 270 g/mol. The van der Waals surface area contributed by atoms with Gasteiger partial charge in [-0.05, 0) is 26.1 Å². The lowest BCUT2D eigenvalue weighted by Crippen LogP contribution is -2.51. The van der Waals surface area contributed by atoms with Crippen LogP contribution in [0.15, 0.2) is 0 Å². The summed E-state index contributed by atoms with van der Waals surface area (Å²) in [5.41, 5.74) is 0. The van der Waals surface area contributed by atoms with Crippen molar-refractivity contribution in [3.8, 4) is 0 Å². The van der Waals surface area contributed by atoms with E-state index in [1.165, 1.54) is 0 Å². The normalized spacial score (nSPS) is 15.6. The summed E-state index contributed by atoms with van der Waals surface area (Å²) >= 11 is 0. The third-order valence-electron chi connectivity index (χ3n) is 3.43. The molecule has 1 saturated heterocycles. The van der Waals surface area contributed by atoms with Crippen molar-refractivity contribution in [1.29, 1.82) is 0 Å². The number of hydrogen-bond donors (Lipinski definition) is 2. The highest BCUT2D eigenvalue weighted by molar-refractivity contribution is 6.35. The van der Waals surface area contributed by atoms with Crippen molar-refractivity contribution < 1.29 is 9.59 Å². The smallest absolute Gasteiger partial charge is 0.311 e. The molecule has 2 amide bonds. The zero-order chi connectivity index (χ0) is 14.1. The molecule has 6 nitrogen and oxygen atoms in total. The second kappa shape index (κ2) is 8.87. The summed E-state index contributed by atoms with van der Waals surface area (Å²) in [6.07, 6.45) is 0.877. The number of rotatable bonds is 6. The van der Waals surface area contributed by atoms with Crippen LogP contribution >= 0.6 is 0 Å². The van der Waals surface area contributed by atoms with Gasteiger partial charge in [-0.25, -0.2) is 0 Å². The van der Waals surface area contributed by atoms with Gasteiger partial charge in [-0.15, -0.1) is 0 Å².